The van der Waals surface area contributed by atoms with Crippen LogP contribution in [-0.4, -0.2) is 4.57 Å². The summed E-state index contributed by atoms with van der Waals surface area (Å²) in [5.41, 5.74) is 3.96. The molecule has 1 aromatic heterocycles. The summed E-state index contributed by atoms with van der Waals surface area (Å²) in [5, 5.41) is 0.759. The van der Waals surface area contributed by atoms with E-state index in [0.717, 1.165) is 28.6 Å². The number of para-hydroxylation sites is 1. The van der Waals surface area contributed by atoms with E-state index in [9.17, 15) is 4.79 Å². The van der Waals surface area contributed by atoms with Gasteiger partial charge in [-0.05, 0) is 23.3 Å². The molecule has 2 nitrogen and oxygen atoms in total. The molecule has 0 saturated carbocycles. The molecule has 0 bridgehead atoms. The van der Waals surface area contributed by atoms with Crippen LogP contribution in [0.15, 0.2) is 95.9 Å². The molecule has 0 radical (unpaired) electrons. The average Bonchev–Trinajstić information content (AvgIpc) is 2.66. The van der Waals surface area contributed by atoms with E-state index in [1.54, 1.807) is 0 Å². The standard InChI is InChI=1S/C22H17NO/c24-22-19-13-7-8-14-21(19)23(15-17-9-3-1-4-10-17)16-20(22)18-11-5-2-6-12-18/h1-14,16H,15H2. The minimum absolute atomic E-state index is 0.0844. The first kappa shape index (κ1) is 14.5. The van der Waals surface area contributed by atoms with Crippen LogP contribution in [-0.2, 0) is 6.54 Å². The van der Waals surface area contributed by atoms with Crippen LogP contribution >= 0.6 is 0 Å². The quantitative estimate of drug-likeness (QED) is 0.537. The van der Waals surface area contributed by atoms with Crippen LogP contribution < -0.4 is 5.43 Å². The van der Waals surface area contributed by atoms with Crippen molar-refractivity contribution >= 4 is 10.9 Å². The highest BCUT2D eigenvalue weighted by atomic mass is 16.1. The first-order chi connectivity index (χ1) is 11.8. The van der Waals surface area contributed by atoms with Gasteiger partial charge in [-0.2, -0.15) is 0 Å². The Morgan fingerprint density at radius 3 is 2.08 bits per heavy atom. The van der Waals surface area contributed by atoms with Gasteiger partial charge in [-0.1, -0.05) is 72.8 Å². The molecule has 0 fully saturated rings. The fourth-order valence-corrected chi connectivity index (χ4v) is 3.08. The lowest BCUT2D eigenvalue weighted by Crippen LogP contribution is -2.12. The summed E-state index contributed by atoms with van der Waals surface area (Å²) in [6.45, 7) is 0.738. The molecule has 0 saturated heterocycles. The molecule has 0 unspecified atom stereocenters. The van der Waals surface area contributed by atoms with E-state index in [1.165, 1.54) is 5.56 Å². The summed E-state index contributed by atoms with van der Waals surface area (Å²) in [6, 6.07) is 28.0. The third-order valence-corrected chi connectivity index (χ3v) is 4.27. The molecule has 24 heavy (non-hydrogen) atoms. The summed E-state index contributed by atoms with van der Waals surface area (Å²) in [5.74, 6) is 0. The summed E-state index contributed by atoms with van der Waals surface area (Å²) >= 11 is 0. The molecule has 3 aromatic carbocycles. The third kappa shape index (κ3) is 2.63. The van der Waals surface area contributed by atoms with Crippen molar-refractivity contribution in [1.82, 2.24) is 4.57 Å². The monoisotopic (exact) mass is 311 g/mol. The number of rotatable bonds is 3. The number of benzene rings is 3. The molecule has 0 aliphatic rings. The van der Waals surface area contributed by atoms with Gasteiger partial charge in [0.25, 0.3) is 0 Å². The van der Waals surface area contributed by atoms with Gasteiger partial charge in [-0.25, -0.2) is 0 Å². The Labute approximate surface area is 140 Å². The van der Waals surface area contributed by atoms with Crippen LogP contribution in [0.1, 0.15) is 5.56 Å². The van der Waals surface area contributed by atoms with Crippen molar-refractivity contribution in [2.75, 3.05) is 0 Å². The second-order valence-corrected chi connectivity index (χ2v) is 5.87. The van der Waals surface area contributed by atoms with Gasteiger partial charge < -0.3 is 4.57 Å². The highest BCUT2D eigenvalue weighted by Gasteiger charge is 2.10. The molecule has 0 aliphatic carbocycles. The molecule has 0 spiro atoms. The van der Waals surface area contributed by atoms with Crippen LogP contribution in [0.3, 0.4) is 0 Å². The summed E-state index contributed by atoms with van der Waals surface area (Å²) in [4.78, 5) is 12.9. The number of nitrogens with zero attached hydrogens (tertiary/aromatic N) is 1. The van der Waals surface area contributed by atoms with E-state index in [-0.39, 0.29) is 5.43 Å². The molecule has 4 rings (SSSR count). The van der Waals surface area contributed by atoms with E-state index < -0.39 is 0 Å². The smallest absolute Gasteiger partial charge is 0.197 e. The van der Waals surface area contributed by atoms with E-state index >= 15 is 0 Å². The van der Waals surface area contributed by atoms with Crippen molar-refractivity contribution in [1.29, 1.82) is 0 Å². The van der Waals surface area contributed by atoms with Crippen molar-refractivity contribution in [3.63, 3.8) is 0 Å². The predicted molar refractivity (Wildman–Crippen MR) is 99.2 cm³/mol. The zero-order valence-electron chi connectivity index (χ0n) is 13.2. The number of pyridine rings is 1. The SMILES string of the molecule is O=c1c(-c2ccccc2)cn(Cc2ccccc2)c2ccccc12. The van der Waals surface area contributed by atoms with Gasteiger partial charge in [-0.3, -0.25) is 4.79 Å². The number of hydrogen-bond donors (Lipinski definition) is 0. The van der Waals surface area contributed by atoms with Gasteiger partial charge >= 0.3 is 0 Å². The van der Waals surface area contributed by atoms with Gasteiger partial charge in [0.2, 0.25) is 0 Å². The zero-order valence-corrected chi connectivity index (χ0v) is 13.2. The largest absolute Gasteiger partial charge is 0.342 e. The maximum atomic E-state index is 12.9. The van der Waals surface area contributed by atoms with Crippen LogP contribution in [0, 0.1) is 0 Å². The molecule has 2 heteroatoms. The molecule has 1 heterocycles. The number of hydrogen-bond acceptors (Lipinski definition) is 1. The summed E-state index contributed by atoms with van der Waals surface area (Å²) in [7, 11) is 0. The Hall–Kier alpha value is -3.13. The van der Waals surface area contributed by atoms with E-state index in [2.05, 4.69) is 16.7 Å². The fourth-order valence-electron chi connectivity index (χ4n) is 3.08. The molecule has 0 amide bonds. The van der Waals surface area contributed by atoms with Crippen molar-refractivity contribution in [2.45, 2.75) is 6.54 Å². The molecular weight excluding hydrogens is 294 g/mol. The van der Waals surface area contributed by atoms with Gasteiger partial charge in [0.1, 0.15) is 0 Å². The first-order valence-electron chi connectivity index (χ1n) is 8.04. The van der Waals surface area contributed by atoms with Crippen LogP contribution in [0.4, 0.5) is 0 Å². The molecule has 0 atom stereocenters. The normalized spacial score (nSPS) is 10.8. The lowest BCUT2D eigenvalue weighted by Gasteiger charge is -2.14. The predicted octanol–water partition coefficient (Wildman–Crippen LogP) is 4.72. The lowest BCUT2D eigenvalue weighted by atomic mass is 10.0. The fraction of sp³-hybridized carbons (Fsp3) is 0.0455. The van der Waals surface area contributed by atoms with Gasteiger partial charge in [0.05, 0.1) is 5.52 Å². The van der Waals surface area contributed by atoms with E-state index in [4.69, 9.17) is 0 Å². The second kappa shape index (κ2) is 6.17. The average molecular weight is 311 g/mol. The number of fused-ring (bicyclic) bond motifs is 1. The second-order valence-electron chi connectivity index (χ2n) is 5.87. The number of aromatic nitrogens is 1. The van der Waals surface area contributed by atoms with Crippen molar-refractivity contribution in [3.8, 4) is 11.1 Å². The van der Waals surface area contributed by atoms with Crippen LogP contribution in [0.25, 0.3) is 22.0 Å². The van der Waals surface area contributed by atoms with Crippen LogP contribution in [0.5, 0.6) is 0 Å². The van der Waals surface area contributed by atoms with E-state index in [0.29, 0.717) is 0 Å². The maximum absolute atomic E-state index is 12.9. The molecule has 116 valence electrons. The summed E-state index contributed by atoms with van der Waals surface area (Å²) in [6.07, 6.45) is 1.98. The van der Waals surface area contributed by atoms with Gasteiger partial charge in [0.15, 0.2) is 5.43 Å². The highest BCUT2D eigenvalue weighted by molar-refractivity contribution is 5.84. The van der Waals surface area contributed by atoms with Gasteiger partial charge in [0, 0.05) is 23.7 Å². The van der Waals surface area contributed by atoms with Crippen molar-refractivity contribution in [2.24, 2.45) is 0 Å². The Bertz CT molecular complexity index is 1030. The molecular formula is C22H17NO. The third-order valence-electron chi connectivity index (χ3n) is 4.27. The molecule has 0 N–H and O–H groups in total. The first-order valence-corrected chi connectivity index (χ1v) is 8.04. The summed E-state index contributed by atoms with van der Waals surface area (Å²) < 4.78 is 2.16. The Morgan fingerprint density at radius 2 is 1.33 bits per heavy atom. The molecule has 4 aromatic rings. The Kier molecular flexibility index (Phi) is 3.72. The van der Waals surface area contributed by atoms with Crippen molar-refractivity contribution in [3.05, 3.63) is 107 Å². The van der Waals surface area contributed by atoms with E-state index in [1.807, 2.05) is 79.0 Å². The van der Waals surface area contributed by atoms with Crippen molar-refractivity contribution < 1.29 is 0 Å². The minimum Gasteiger partial charge on any atom is -0.342 e. The van der Waals surface area contributed by atoms with Gasteiger partial charge in [-0.15, -0.1) is 0 Å². The van der Waals surface area contributed by atoms with Crippen LogP contribution in [0.2, 0.25) is 0 Å². The molecule has 0 aliphatic heterocycles. The Morgan fingerprint density at radius 1 is 0.708 bits per heavy atom. The zero-order chi connectivity index (χ0) is 16.4. The Balaban J connectivity index is 1.95. The lowest BCUT2D eigenvalue weighted by molar-refractivity contribution is 0.827. The topological polar surface area (TPSA) is 22.0 Å². The maximum Gasteiger partial charge on any atom is 0.197 e. The minimum atomic E-state index is 0.0844. The highest BCUT2D eigenvalue weighted by Crippen LogP contribution is 2.20.